The molecule has 0 spiro atoms. The van der Waals surface area contributed by atoms with E-state index in [1.807, 2.05) is 6.07 Å². The molecule has 1 nitrogen and oxygen atoms in total. The molecule has 1 unspecified atom stereocenters. The standard InChI is InChI=1S/C16H11BrN.3ClH.Zr/c1-18-14-9-11(17)6-7-13(14)16-12-5-3-2-4-10(12)8-15(16)18;;;;/h2-6,8-9,16H,1H3;3*1H;/q;;;;+3/p-3. The number of rotatable bonds is 1. The minimum atomic E-state index is -3.79. The molecule has 1 aliphatic heterocycles. The topological polar surface area (TPSA) is 3.24 Å². The van der Waals surface area contributed by atoms with Gasteiger partial charge in [-0.1, -0.05) is 0 Å². The molecular formula is C16H11BrCl3NZr. The van der Waals surface area contributed by atoms with E-state index < -0.39 is 16.7 Å². The zero-order valence-corrected chi connectivity index (χ0v) is 17.9. The fourth-order valence-electron chi connectivity index (χ4n) is 3.46. The minimum absolute atomic E-state index is 0.187. The first-order valence-electron chi connectivity index (χ1n) is 6.83. The third-order valence-corrected chi connectivity index (χ3v) is 11.0. The van der Waals surface area contributed by atoms with Crippen molar-refractivity contribution < 1.29 is 16.7 Å². The number of allylic oxidation sites excluding steroid dienone is 1. The Morgan fingerprint density at radius 3 is 2.59 bits per heavy atom. The summed E-state index contributed by atoms with van der Waals surface area (Å²) in [5, 5.41) is 0. The quantitative estimate of drug-likeness (QED) is 0.497. The van der Waals surface area contributed by atoms with Gasteiger partial charge in [-0.25, -0.2) is 0 Å². The Morgan fingerprint density at radius 2 is 1.86 bits per heavy atom. The number of likely N-dealkylation sites (N-methyl/N-ethyl adjacent to an activating group) is 1. The molecule has 2 aliphatic rings. The van der Waals surface area contributed by atoms with Crippen molar-refractivity contribution in [3.63, 3.8) is 0 Å². The van der Waals surface area contributed by atoms with E-state index >= 15 is 0 Å². The van der Waals surface area contributed by atoms with E-state index in [9.17, 15) is 0 Å². The van der Waals surface area contributed by atoms with Crippen molar-refractivity contribution in [3.05, 3.63) is 63.3 Å². The van der Waals surface area contributed by atoms with Crippen LogP contribution in [0.3, 0.4) is 0 Å². The molecule has 0 radical (unpaired) electrons. The summed E-state index contributed by atoms with van der Waals surface area (Å²) in [5.74, 6) is 0.187. The van der Waals surface area contributed by atoms with Crippen LogP contribution in [0.5, 0.6) is 0 Å². The maximum absolute atomic E-state index is 6.46. The molecule has 6 heteroatoms. The van der Waals surface area contributed by atoms with E-state index in [4.69, 9.17) is 25.5 Å². The van der Waals surface area contributed by atoms with E-state index in [0.717, 1.165) is 13.4 Å². The van der Waals surface area contributed by atoms with Crippen LogP contribution in [0.4, 0.5) is 5.69 Å². The van der Waals surface area contributed by atoms with Crippen molar-refractivity contribution in [1.29, 1.82) is 0 Å². The molecule has 0 N–H and O–H groups in total. The summed E-state index contributed by atoms with van der Waals surface area (Å²) in [6, 6.07) is 12.6. The molecule has 0 fully saturated rings. The Balaban J connectivity index is 2.03. The van der Waals surface area contributed by atoms with Crippen LogP contribution in [0.15, 0.2) is 46.6 Å². The van der Waals surface area contributed by atoms with Crippen molar-refractivity contribution in [1.82, 2.24) is 0 Å². The van der Waals surface area contributed by atoms with Crippen molar-refractivity contribution >= 4 is 56.5 Å². The number of fused-ring (bicyclic) bond motifs is 5. The van der Waals surface area contributed by atoms with Crippen LogP contribution in [-0.2, 0) is 16.7 Å². The molecule has 1 heterocycles. The fourth-order valence-corrected chi connectivity index (χ4v) is 9.40. The van der Waals surface area contributed by atoms with E-state index in [1.54, 1.807) is 0 Å². The molecule has 0 saturated carbocycles. The Bertz CT molecular complexity index is 829. The predicted molar refractivity (Wildman–Crippen MR) is 96.0 cm³/mol. The van der Waals surface area contributed by atoms with Crippen LogP contribution in [0.1, 0.15) is 22.6 Å². The normalized spacial score (nSPS) is 18.9. The molecule has 2 aromatic rings. The molecule has 0 aromatic heterocycles. The van der Waals surface area contributed by atoms with Crippen LogP contribution < -0.4 is 8.17 Å². The molecule has 112 valence electrons. The number of anilines is 1. The summed E-state index contributed by atoms with van der Waals surface area (Å²) in [4.78, 5) is 2.22. The van der Waals surface area contributed by atoms with Gasteiger partial charge in [0, 0.05) is 0 Å². The van der Waals surface area contributed by atoms with Gasteiger partial charge in [-0.05, 0) is 0 Å². The fraction of sp³-hybridized carbons (Fsp3) is 0.125. The third kappa shape index (κ3) is 2.28. The Hall–Kier alpha value is 0.213. The molecule has 1 aliphatic carbocycles. The summed E-state index contributed by atoms with van der Waals surface area (Å²) in [5.41, 5.74) is 6.13. The van der Waals surface area contributed by atoms with Gasteiger partial charge in [-0.3, -0.25) is 0 Å². The van der Waals surface area contributed by atoms with E-state index in [1.165, 1.54) is 22.4 Å². The van der Waals surface area contributed by atoms with Crippen LogP contribution in [0, 0.1) is 0 Å². The average molecular weight is 495 g/mol. The van der Waals surface area contributed by atoms with E-state index in [2.05, 4.69) is 64.3 Å². The van der Waals surface area contributed by atoms with Gasteiger partial charge in [0.05, 0.1) is 0 Å². The second kappa shape index (κ2) is 5.36. The zero-order chi connectivity index (χ0) is 15.6. The van der Waals surface area contributed by atoms with Gasteiger partial charge >= 0.3 is 154 Å². The van der Waals surface area contributed by atoms with Crippen molar-refractivity contribution in [2.24, 2.45) is 0 Å². The number of hydrogen-bond acceptors (Lipinski definition) is 1. The molecule has 22 heavy (non-hydrogen) atoms. The second-order valence-corrected chi connectivity index (χ2v) is 23.8. The molecule has 0 bridgehead atoms. The number of hydrogen-bond donors (Lipinski definition) is 0. The van der Waals surface area contributed by atoms with Gasteiger partial charge in [-0.15, -0.1) is 0 Å². The average Bonchev–Trinajstić information content (AvgIpc) is 2.94. The summed E-state index contributed by atoms with van der Waals surface area (Å²) in [7, 11) is 21.5. The first-order valence-corrected chi connectivity index (χ1v) is 18.3. The number of nitrogens with zero attached hydrogens (tertiary/aromatic N) is 1. The predicted octanol–water partition coefficient (Wildman–Crippen LogP) is 5.63. The number of benzene rings is 2. The molecule has 1 atom stereocenters. The van der Waals surface area contributed by atoms with Gasteiger partial charge in [0.1, 0.15) is 0 Å². The summed E-state index contributed by atoms with van der Waals surface area (Å²) in [6.07, 6.45) is 2.24. The van der Waals surface area contributed by atoms with Crippen molar-refractivity contribution in [3.8, 4) is 0 Å². The maximum atomic E-state index is 6.46. The first-order chi connectivity index (χ1) is 10.4. The monoisotopic (exact) mass is 491 g/mol. The van der Waals surface area contributed by atoms with Crippen molar-refractivity contribution in [2.75, 3.05) is 11.9 Å². The van der Waals surface area contributed by atoms with Crippen LogP contribution in [0.25, 0.3) is 6.08 Å². The summed E-state index contributed by atoms with van der Waals surface area (Å²) in [6.45, 7) is 0. The third-order valence-electron chi connectivity index (χ3n) is 4.37. The van der Waals surface area contributed by atoms with Gasteiger partial charge in [0.2, 0.25) is 0 Å². The van der Waals surface area contributed by atoms with Crippen molar-refractivity contribution in [2.45, 2.75) is 5.92 Å². The SMILES string of the molecule is CN1C2=Cc3ccccc3C2c2c1cc(Br)c[c]2[Zr]([Cl])([Cl])[Cl]. The van der Waals surface area contributed by atoms with Gasteiger partial charge in [0.25, 0.3) is 0 Å². The molecule has 2 aromatic carbocycles. The molecule has 0 amide bonds. The Kier molecular flexibility index (Phi) is 3.83. The van der Waals surface area contributed by atoms with Gasteiger partial charge in [-0.2, -0.15) is 0 Å². The summed E-state index contributed by atoms with van der Waals surface area (Å²) >= 11 is -0.231. The van der Waals surface area contributed by atoms with Crippen LogP contribution in [0.2, 0.25) is 0 Å². The van der Waals surface area contributed by atoms with E-state index in [-0.39, 0.29) is 5.92 Å². The molecule has 4 rings (SSSR count). The summed E-state index contributed by atoms with van der Waals surface area (Å²) < 4.78 is 1.91. The molecular weight excluding hydrogens is 484 g/mol. The Labute approximate surface area is 153 Å². The van der Waals surface area contributed by atoms with Crippen LogP contribution in [-0.4, -0.2) is 7.05 Å². The van der Waals surface area contributed by atoms with Crippen LogP contribution >= 0.6 is 41.5 Å². The van der Waals surface area contributed by atoms with Gasteiger partial charge in [0.15, 0.2) is 0 Å². The second-order valence-electron chi connectivity index (χ2n) is 5.57. The van der Waals surface area contributed by atoms with Gasteiger partial charge < -0.3 is 0 Å². The van der Waals surface area contributed by atoms with E-state index in [0.29, 0.717) is 0 Å². The first kappa shape index (κ1) is 15.7. The Morgan fingerprint density at radius 1 is 1.14 bits per heavy atom. The zero-order valence-electron chi connectivity index (χ0n) is 11.6. The molecule has 0 saturated heterocycles. The number of halogens is 4.